The Morgan fingerprint density at radius 2 is 2.00 bits per heavy atom. The number of hydrogen-bond acceptors (Lipinski definition) is 4. The summed E-state index contributed by atoms with van der Waals surface area (Å²) in [5.74, 6) is 0.833. The Bertz CT molecular complexity index is 571. The van der Waals surface area contributed by atoms with Crippen molar-refractivity contribution in [1.82, 2.24) is 15.5 Å². The summed E-state index contributed by atoms with van der Waals surface area (Å²) in [6, 6.07) is 8.19. The van der Waals surface area contributed by atoms with Crippen LogP contribution < -0.4 is 10.6 Å². The van der Waals surface area contributed by atoms with Gasteiger partial charge in [0.2, 0.25) is 0 Å². The van der Waals surface area contributed by atoms with E-state index in [0.29, 0.717) is 6.54 Å². The monoisotopic (exact) mass is 524 g/mol. The lowest BCUT2D eigenvalue weighted by atomic mass is 10.0. The minimum Gasteiger partial charge on any atom is -0.382 e. The van der Waals surface area contributed by atoms with Crippen LogP contribution in [0.25, 0.3) is 0 Å². The molecule has 1 fully saturated rings. The number of aliphatic imine (C=N–C) groups is 1. The Hall–Kier alpha value is -0.610. The molecule has 0 aliphatic carbocycles. The Morgan fingerprint density at radius 1 is 1.25 bits per heavy atom. The van der Waals surface area contributed by atoms with E-state index in [0.717, 1.165) is 75.6 Å². The second-order valence-electron chi connectivity index (χ2n) is 6.38. The molecule has 0 spiro atoms. The van der Waals surface area contributed by atoms with Gasteiger partial charge in [0.1, 0.15) is 0 Å². The molecule has 1 aromatic carbocycles. The second-order valence-corrected chi connectivity index (χ2v) is 6.79. The maximum Gasteiger partial charge on any atom is 0.191 e. The number of morpholine rings is 1. The summed E-state index contributed by atoms with van der Waals surface area (Å²) in [5, 5.41) is 7.50. The number of guanidine groups is 1. The molecule has 28 heavy (non-hydrogen) atoms. The van der Waals surface area contributed by atoms with E-state index in [2.05, 4.69) is 28.5 Å². The smallest absolute Gasteiger partial charge is 0.191 e. The molecule has 1 aliphatic rings. The van der Waals surface area contributed by atoms with Crippen LogP contribution in [0.1, 0.15) is 31.9 Å². The molecule has 2 rings (SSSR count). The van der Waals surface area contributed by atoms with Gasteiger partial charge < -0.3 is 20.1 Å². The second kappa shape index (κ2) is 15.3. The Morgan fingerprint density at radius 3 is 2.68 bits per heavy atom. The van der Waals surface area contributed by atoms with Crippen LogP contribution in [0.5, 0.6) is 0 Å². The first-order valence-corrected chi connectivity index (χ1v) is 10.3. The molecule has 6 nitrogen and oxygen atoms in total. The van der Waals surface area contributed by atoms with Crippen LogP contribution in [-0.4, -0.2) is 70.0 Å². The fourth-order valence-electron chi connectivity index (χ4n) is 3.09. The van der Waals surface area contributed by atoms with Gasteiger partial charge in [-0.25, -0.2) is 0 Å². The fourth-order valence-corrected chi connectivity index (χ4v) is 3.35. The molecule has 2 N–H and O–H groups in total. The third-order valence-corrected chi connectivity index (χ3v) is 4.82. The lowest BCUT2D eigenvalue weighted by Crippen LogP contribution is -2.42. The summed E-state index contributed by atoms with van der Waals surface area (Å²) >= 11 is 6.50. The summed E-state index contributed by atoms with van der Waals surface area (Å²) in [4.78, 5) is 7.25. The zero-order valence-corrected chi connectivity index (χ0v) is 20.0. The first-order valence-electron chi connectivity index (χ1n) is 9.92. The first kappa shape index (κ1) is 25.4. The van der Waals surface area contributed by atoms with Gasteiger partial charge in [-0.3, -0.25) is 9.89 Å². The van der Waals surface area contributed by atoms with Gasteiger partial charge in [-0.2, -0.15) is 0 Å². The maximum atomic E-state index is 6.50. The van der Waals surface area contributed by atoms with Crippen molar-refractivity contribution in [2.75, 3.05) is 59.2 Å². The van der Waals surface area contributed by atoms with Crippen LogP contribution >= 0.6 is 35.6 Å². The molecule has 0 saturated carbocycles. The summed E-state index contributed by atoms with van der Waals surface area (Å²) in [7, 11) is 0. The number of nitrogens with one attached hydrogen (secondary N) is 2. The Kier molecular flexibility index (Phi) is 13.9. The standard InChI is InChI=1S/C20H33ClN4O2.HI/c1-3-22-20(23-10-7-13-26-4-2)24-16-19(25-11-14-27-15-12-25)17-8-5-6-9-18(17)21;/h5-6,8-9,19H,3-4,7,10-16H2,1-2H3,(H2,22,23,24);1H. The van der Waals surface area contributed by atoms with E-state index in [-0.39, 0.29) is 30.0 Å². The van der Waals surface area contributed by atoms with Crippen LogP contribution in [0, 0.1) is 0 Å². The van der Waals surface area contributed by atoms with Crippen molar-refractivity contribution in [1.29, 1.82) is 0 Å². The highest BCUT2D eigenvalue weighted by atomic mass is 127. The van der Waals surface area contributed by atoms with E-state index in [1.165, 1.54) is 0 Å². The van der Waals surface area contributed by atoms with E-state index in [1.807, 2.05) is 25.1 Å². The van der Waals surface area contributed by atoms with Crippen molar-refractivity contribution < 1.29 is 9.47 Å². The van der Waals surface area contributed by atoms with Crippen molar-refractivity contribution in [2.45, 2.75) is 26.3 Å². The number of ether oxygens (including phenoxy) is 2. The molecule has 1 unspecified atom stereocenters. The summed E-state index contributed by atoms with van der Waals surface area (Å²) in [6.45, 7) is 11.2. The minimum atomic E-state index is 0. The van der Waals surface area contributed by atoms with Gasteiger partial charge in [-0.1, -0.05) is 29.8 Å². The van der Waals surface area contributed by atoms with Gasteiger partial charge in [0.25, 0.3) is 0 Å². The lowest BCUT2D eigenvalue weighted by Gasteiger charge is -2.34. The highest BCUT2D eigenvalue weighted by Gasteiger charge is 2.24. The van der Waals surface area contributed by atoms with E-state index in [1.54, 1.807) is 0 Å². The topological polar surface area (TPSA) is 58.1 Å². The minimum absolute atomic E-state index is 0. The van der Waals surface area contributed by atoms with Crippen LogP contribution in [0.4, 0.5) is 0 Å². The molecular weight excluding hydrogens is 491 g/mol. The van der Waals surface area contributed by atoms with Gasteiger partial charge in [0.15, 0.2) is 5.96 Å². The van der Waals surface area contributed by atoms with E-state index >= 15 is 0 Å². The van der Waals surface area contributed by atoms with Gasteiger partial charge in [0, 0.05) is 44.4 Å². The zero-order chi connectivity index (χ0) is 19.3. The lowest BCUT2D eigenvalue weighted by molar-refractivity contribution is 0.0180. The molecule has 0 bridgehead atoms. The quantitative estimate of drug-likeness (QED) is 0.213. The van der Waals surface area contributed by atoms with Crippen molar-refractivity contribution in [3.8, 4) is 0 Å². The van der Waals surface area contributed by atoms with Crippen molar-refractivity contribution in [3.63, 3.8) is 0 Å². The maximum absolute atomic E-state index is 6.50. The molecule has 1 aliphatic heterocycles. The van der Waals surface area contributed by atoms with Crippen molar-refractivity contribution >= 4 is 41.5 Å². The number of halogens is 2. The number of nitrogens with zero attached hydrogens (tertiary/aromatic N) is 2. The molecule has 0 amide bonds. The molecule has 160 valence electrons. The summed E-state index contributed by atoms with van der Waals surface area (Å²) < 4.78 is 10.9. The van der Waals surface area contributed by atoms with Crippen molar-refractivity contribution in [3.05, 3.63) is 34.9 Å². The normalized spacial score (nSPS) is 16.3. The van der Waals surface area contributed by atoms with Gasteiger partial charge in [0.05, 0.1) is 25.8 Å². The van der Waals surface area contributed by atoms with Gasteiger partial charge in [-0.15, -0.1) is 24.0 Å². The van der Waals surface area contributed by atoms with Crippen LogP contribution in [0.3, 0.4) is 0 Å². The zero-order valence-electron chi connectivity index (χ0n) is 17.0. The molecule has 8 heteroatoms. The predicted octanol–water partition coefficient (Wildman–Crippen LogP) is 3.31. The average Bonchev–Trinajstić information content (AvgIpc) is 2.70. The number of benzene rings is 1. The molecule has 0 radical (unpaired) electrons. The highest BCUT2D eigenvalue weighted by Crippen LogP contribution is 2.28. The SMILES string of the molecule is CCNC(=NCC(c1ccccc1Cl)N1CCOCC1)NCCCOCC.I. The molecule has 1 aromatic rings. The third kappa shape index (κ3) is 8.82. The molecule has 1 heterocycles. The highest BCUT2D eigenvalue weighted by molar-refractivity contribution is 14.0. The molecule has 1 saturated heterocycles. The van der Waals surface area contributed by atoms with E-state index in [9.17, 15) is 0 Å². The van der Waals surface area contributed by atoms with Crippen LogP contribution in [0.2, 0.25) is 5.02 Å². The van der Waals surface area contributed by atoms with E-state index < -0.39 is 0 Å². The first-order chi connectivity index (χ1) is 13.3. The van der Waals surface area contributed by atoms with Gasteiger partial charge in [-0.05, 0) is 31.9 Å². The van der Waals surface area contributed by atoms with Crippen LogP contribution in [-0.2, 0) is 9.47 Å². The average molecular weight is 525 g/mol. The molecule has 1 atom stereocenters. The van der Waals surface area contributed by atoms with E-state index in [4.69, 9.17) is 26.1 Å². The fraction of sp³-hybridized carbons (Fsp3) is 0.650. The number of hydrogen-bond donors (Lipinski definition) is 2. The Balaban J connectivity index is 0.00000392. The molecule has 0 aromatic heterocycles. The third-order valence-electron chi connectivity index (χ3n) is 4.48. The summed E-state index contributed by atoms with van der Waals surface area (Å²) in [5.41, 5.74) is 1.12. The molecular formula is C20H34ClIN4O2. The summed E-state index contributed by atoms with van der Waals surface area (Å²) in [6.07, 6.45) is 0.954. The largest absolute Gasteiger partial charge is 0.382 e. The van der Waals surface area contributed by atoms with Gasteiger partial charge >= 0.3 is 0 Å². The number of rotatable bonds is 10. The van der Waals surface area contributed by atoms with Crippen LogP contribution in [0.15, 0.2) is 29.3 Å². The Labute approximate surface area is 191 Å². The predicted molar refractivity (Wildman–Crippen MR) is 127 cm³/mol. The van der Waals surface area contributed by atoms with Crippen molar-refractivity contribution in [2.24, 2.45) is 4.99 Å².